The molecule has 3 rings (SSSR count). The second kappa shape index (κ2) is 3.35. The normalized spacial score (nSPS) is 24.1. The van der Waals surface area contributed by atoms with Crippen molar-refractivity contribution in [2.75, 3.05) is 0 Å². The van der Waals surface area contributed by atoms with Crippen LogP contribution in [0.4, 0.5) is 0 Å². The Morgan fingerprint density at radius 1 is 1.06 bits per heavy atom. The van der Waals surface area contributed by atoms with E-state index in [1.54, 1.807) is 11.1 Å². The summed E-state index contributed by atoms with van der Waals surface area (Å²) in [5.41, 5.74) is 4.52. The minimum atomic E-state index is 0.592. The smallest absolute Gasteiger partial charge is 0.0214 e. The van der Waals surface area contributed by atoms with Crippen LogP contribution >= 0.6 is 0 Å². The number of hydrogen-bond acceptors (Lipinski definition) is 0. The third-order valence-electron chi connectivity index (χ3n) is 4.90. The summed E-state index contributed by atoms with van der Waals surface area (Å²) >= 11 is 0. The molecule has 86 valence electrons. The molecule has 2 aliphatic rings. The monoisotopic (exact) mass is 214 g/mol. The lowest BCUT2D eigenvalue weighted by atomic mass is 9.74. The third-order valence-corrected chi connectivity index (χ3v) is 4.90. The van der Waals surface area contributed by atoms with Gasteiger partial charge in [0.1, 0.15) is 0 Å². The molecule has 1 saturated carbocycles. The predicted octanol–water partition coefficient (Wildman–Crippen LogP) is 4.37. The lowest BCUT2D eigenvalue weighted by molar-refractivity contribution is 0.213. The van der Waals surface area contributed by atoms with E-state index in [0.29, 0.717) is 10.8 Å². The van der Waals surface area contributed by atoms with Crippen molar-refractivity contribution in [2.45, 2.75) is 52.4 Å². The van der Waals surface area contributed by atoms with Gasteiger partial charge in [0.25, 0.3) is 0 Å². The quantitative estimate of drug-likeness (QED) is 0.701. The molecule has 0 saturated heterocycles. The van der Waals surface area contributed by atoms with Crippen LogP contribution in [0.15, 0.2) is 24.3 Å². The molecule has 1 aromatic rings. The van der Waals surface area contributed by atoms with Gasteiger partial charge in [-0.15, -0.1) is 0 Å². The van der Waals surface area contributed by atoms with Crippen LogP contribution in [0, 0.1) is 10.8 Å². The maximum absolute atomic E-state index is 2.48. The largest absolute Gasteiger partial charge is 0.0648 e. The van der Waals surface area contributed by atoms with E-state index in [4.69, 9.17) is 0 Å². The fraction of sp³-hybridized carbons (Fsp3) is 0.625. The Labute approximate surface area is 99.1 Å². The van der Waals surface area contributed by atoms with Crippen molar-refractivity contribution in [3.63, 3.8) is 0 Å². The van der Waals surface area contributed by atoms with Crippen LogP contribution in [0.5, 0.6) is 0 Å². The first-order chi connectivity index (χ1) is 7.65. The zero-order chi connectivity index (χ0) is 11.2. The van der Waals surface area contributed by atoms with Crippen LogP contribution in [0.1, 0.15) is 50.7 Å². The summed E-state index contributed by atoms with van der Waals surface area (Å²) in [6.45, 7) is 4.87. The second-order valence-electron chi connectivity index (χ2n) is 6.46. The highest BCUT2D eigenvalue weighted by Gasteiger charge is 2.46. The maximum Gasteiger partial charge on any atom is -0.0214 e. The lowest BCUT2D eigenvalue weighted by Gasteiger charge is -2.31. The molecule has 0 nitrogen and oxygen atoms in total. The van der Waals surface area contributed by atoms with Crippen molar-refractivity contribution in [2.24, 2.45) is 10.8 Å². The summed E-state index contributed by atoms with van der Waals surface area (Å²) in [5.74, 6) is 0. The summed E-state index contributed by atoms with van der Waals surface area (Å²) in [6, 6.07) is 9.07. The molecular formula is C16H22. The molecule has 0 radical (unpaired) electrons. The van der Waals surface area contributed by atoms with Crippen LogP contribution in [-0.4, -0.2) is 0 Å². The van der Waals surface area contributed by atoms with Gasteiger partial charge in [0.2, 0.25) is 0 Å². The molecule has 0 spiro atoms. The predicted molar refractivity (Wildman–Crippen MR) is 68.5 cm³/mol. The van der Waals surface area contributed by atoms with Crippen LogP contribution in [-0.2, 0) is 12.8 Å². The van der Waals surface area contributed by atoms with E-state index in [9.17, 15) is 0 Å². The van der Waals surface area contributed by atoms with Gasteiger partial charge in [-0.2, -0.15) is 0 Å². The first-order valence-corrected chi connectivity index (χ1v) is 6.72. The van der Waals surface area contributed by atoms with Gasteiger partial charge in [0.15, 0.2) is 0 Å². The summed E-state index contributed by atoms with van der Waals surface area (Å²) in [6.07, 6.45) is 8.38. The standard InChI is InChI=1S/C16H22/c1-3-16(12-15(2)8-9-15)10-13-6-4-5-7-14(13)11-16/h4-7H,3,8-12H2,1-2H3. The highest BCUT2D eigenvalue weighted by atomic mass is 14.5. The van der Waals surface area contributed by atoms with E-state index in [1.807, 2.05) is 0 Å². The first-order valence-electron chi connectivity index (χ1n) is 6.72. The molecular weight excluding hydrogens is 192 g/mol. The summed E-state index contributed by atoms with van der Waals surface area (Å²) in [4.78, 5) is 0. The molecule has 0 N–H and O–H groups in total. The molecule has 0 heterocycles. The Hall–Kier alpha value is -0.780. The number of hydrogen-bond donors (Lipinski definition) is 0. The van der Waals surface area contributed by atoms with Crippen molar-refractivity contribution < 1.29 is 0 Å². The minimum absolute atomic E-state index is 0.592. The van der Waals surface area contributed by atoms with E-state index in [1.165, 1.54) is 38.5 Å². The Bertz CT molecular complexity index is 373. The molecule has 0 aliphatic heterocycles. The fourth-order valence-corrected chi connectivity index (χ4v) is 3.57. The van der Waals surface area contributed by atoms with Gasteiger partial charge in [-0.3, -0.25) is 0 Å². The zero-order valence-corrected chi connectivity index (χ0v) is 10.6. The molecule has 16 heavy (non-hydrogen) atoms. The Kier molecular flexibility index (Phi) is 2.18. The molecule has 0 amide bonds. The fourth-order valence-electron chi connectivity index (χ4n) is 3.57. The average molecular weight is 214 g/mol. The SMILES string of the molecule is CCC1(CC2(C)CC2)Cc2ccccc2C1. The van der Waals surface area contributed by atoms with E-state index in [0.717, 1.165) is 0 Å². The highest BCUT2D eigenvalue weighted by molar-refractivity contribution is 5.34. The van der Waals surface area contributed by atoms with Crippen LogP contribution in [0.3, 0.4) is 0 Å². The molecule has 0 aromatic heterocycles. The van der Waals surface area contributed by atoms with Crippen molar-refractivity contribution in [1.29, 1.82) is 0 Å². The molecule has 1 aromatic carbocycles. The molecule has 0 atom stereocenters. The average Bonchev–Trinajstić information content (AvgIpc) is 2.88. The molecule has 0 heteroatoms. The van der Waals surface area contributed by atoms with Gasteiger partial charge in [0.05, 0.1) is 0 Å². The number of fused-ring (bicyclic) bond motifs is 1. The molecule has 0 unspecified atom stereocenters. The molecule has 0 bridgehead atoms. The molecule has 2 aliphatic carbocycles. The van der Waals surface area contributed by atoms with Gasteiger partial charge in [-0.05, 0) is 60.5 Å². The van der Waals surface area contributed by atoms with Crippen LogP contribution < -0.4 is 0 Å². The maximum atomic E-state index is 2.48. The van der Waals surface area contributed by atoms with E-state index >= 15 is 0 Å². The van der Waals surface area contributed by atoms with Crippen molar-refractivity contribution >= 4 is 0 Å². The van der Waals surface area contributed by atoms with E-state index in [-0.39, 0.29) is 0 Å². The molecule has 1 fully saturated rings. The Morgan fingerprint density at radius 2 is 1.62 bits per heavy atom. The number of benzene rings is 1. The highest BCUT2D eigenvalue weighted by Crippen LogP contribution is 2.57. The number of rotatable bonds is 3. The first kappa shape index (κ1) is 10.4. The van der Waals surface area contributed by atoms with E-state index in [2.05, 4.69) is 38.1 Å². The summed E-state index contributed by atoms with van der Waals surface area (Å²) in [5, 5.41) is 0. The van der Waals surface area contributed by atoms with Gasteiger partial charge in [0, 0.05) is 0 Å². The second-order valence-corrected chi connectivity index (χ2v) is 6.46. The summed E-state index contributed by atoms with van der Waals surface area (Å²) in [7, 11) is 0. The Morgan fingerprint density at radius 3 is 2.06 bits per heavy atom. The zero-order valence-electron chi connectivity index (χ0n) is 10.6. The topological polar surface area (TPSA) is 0 Å². The van der Waals surface area contributed by atoms with E-state index < -0.39 is 0 Å². The summed E-state index contributed by atoms with van der Waals surface area (Å²) < 4.78 is 0. The van der Waals surface area contributed by atoms with Gasteiger partial charge < -0.3 is 0 Å². The van der Waals surface area contributed by atoms with Crippen molar-refractivity contribution in [1.82, 2.24) is 0 Å². The minimum Gasteiger partial charge on any atom is -0.0648 e. The third kappa shape index (κ3) is 1.69. The van der Waals surface area contributed by atoms with Gasteiger partial charge >= 0.3 is 0 Å². The van der Waals surface area contributed by atoms with Crippen molar-refractivity contribution in [3.05, 3.63) is 35.4 Å². The van der Waals surface area contributed by atoms with Crippen LogP contribution in [0.2, 0.25) is 0 Å². The Balaban J connectivity index is 1.85. The van der Waals surface area contributed by atoms with Crippen molar-refractivity contribution in [3.8, 4) is 0 Å². The van der Waals surface area contributed by atoms with Gasteiger partial charge in [-0.1, -0.05) is 38.1 Å². The lowest BCUT2D eigenvalue weighted by Crippen LogP contribution is -2.24. The van der Waals surface area contributed by atoms with Gasteiger partial charge in [-0.25, -0.2) is 0 Å². The van der Waals surface area contributed by atoms with Crippen LogP contribution in [0.25, 0.3) is 0 Å².